The minimum Gasteiger partial charge on any atom is -0.455 e. The summed E-state index contributed by atoms with van der Waals surface area (Å²) >= 11 is 0. The maximum atomic E-state index is 12.5. The van der Waals surface area contributed by atoms with Crippen LogP contribution in [0.1, 0.15) is 39.5 Å². The minimum atomic E-state index is -0.480. The number of rotatable bonds is 5. The van der Waals surface area contributed by atoms with Crippen molar-refractivity contribution in [3.05, 3.63) is 30.3 Å². The highest BCUT2D eigenvalue weighted by Gasteiger charge is 2.42. The van der Waals surface area contributed by atoms with Crippen LogP contribution >= 0.6 is 0 Å². The molecule has 1 aromatic carbocycles. The summed E-state index contributed by atoms with van der Waals surface area (Å²) in [6, 6.07) is 9.22. The van der Waals surface area contributed by atoms with Gasteiger partial charge in [-0.25, -0.2) is 0 Å². The molecule has 0 aromatic heterocycles. The van der Waals surface area contributed by atoms with E-state index in [-0.39, 0.29) is 30.9 Å². The molecule has 1 heterocycles. The first kappa shape index (κ1) is 19.4. The maximum Gasteiger partial charge on any atom is 0.311 e. The number of anilines is 1. The predicted molar refractivity (Wildman–Crippen MR) is 102 cm³/mol. The van der Waals surface area contributed by atoms with E-state index < -0.39 is 11.9 Å². The molecule has 146 valence electrons. The van der Waals surface area contributed by atoms with E-state index in [0.717, 1.165) is 12.8 Å². The molecule has 6 heteroatoms. The minimum absolute atomic E-state index is 0.0247. The maximum absolute atomic E-state index is 12.5. The van der Waals surface area contributed by atoms with Crippen molar-refractivity contribution in [3.8, 4) is 0 Å². The lowest BCUT2D eigenvalue weighted by Crippen LogP contribution is -2.45. The third-order valence-corrected chi connectivity index (χ3v) is 5.96. The zero-order valence-electron chi connectivity index (χ0n) is 16.0. The molecule has 1 aliphatic carbocycles. The fourth-order valence-corrected chi connectivity index (χ4v) is 4.18. The molecular formula is C21H28N2O4. The van der Waals surface area contributed by atoms with Crippen LogP contribution in [0.5, 0.6) is 0 Å². The van der Waals surface area contributed by atoms with Crippen LogP contribution in [0.15, 0.2) is 30.3 Å². The molecule has 2 aliphatic rings. The van der Waals surface area contributed by atoms with Crippen LogP contribution in [0.3, 0.4) is 0 Å². The van der Waals surface area contributed by atoms with Gasteiger partial charge in [0.1, 0.15) is 0 Å². The van der Waals surface area contributed by atoms with Crippen LogP contribution in [0.4, 0.5) is 5.69 Å². The monoisotopic (exact) mass is 372 g/mol. The van der Waals surface area contributed by atoms with Gasteiger partial charge in [-0.3, -0.25) is 14.4 Å². The fourth-order valence-electron chi connectivity index (χ4n) is 4.18. The Hall–Kier alpha value is -2.37. The Bertz CT molecular complexity index is 691. The van der Waals surface area contributed by atoms with Crippen molar-refractivity contribution < 1.29 is 19.1 Å². The smallest absolute Gasteiger partial charge is 0.311 e. The number of carbonyl (C=O) groups excluding carboxylic acids is 3. The molecule has 2 amide bonds. The second-order valence-electron chi connectivity index (χ2n) is 7.80. The van der Waals surface area contributed by atoms with Gasteiger partial charge in [-0.15, -0.1) is 0 Å². The predicted octanol–water partition coefficient (Wildman–Crippen LogP) is 2.84. The van der Waals surface area contributed by atoms with Crippen molar-refractivity contribution in [2.24, 2.45) is 17.8 Å². The van der Waals surface area contributed by atoms with Crippen molar-refractivity contribution >= 4 is 23.5 Å². The SMILES string of the molecule is C[C@@H]1[C@H](C)CCC[C@H]1N1C[C@H](C(=O)OCC(=O)Nc2ccccc2)CC1=O. The first-order valence-electron chi connectivity index (χ1n) is 9.76. The average molecular weight is 372 g/mol. The molecule has 0 bridgehead atoms. The highest BCUT2D eigenvalue weighted by molar-refractivity contribution is 5.93. The number of nitrogens with one attached hydrogen (secondary N) is 1. The summed E-state index contributed by atoms with van der Waals surface area (Å²) in [5.41, 5.74) is 0.654. The van der Waals surface area contributed by atoms with Crippen LogP contribution in [-0.4, -0.2) is 41.9 Å². The Morgan fingerprint density at radius 3 is 2.67 bits per heavy atom. The second-order valence-corrected chi connectivity index (χ2v) is 7.80. The van der Waals surface area contributed by atoms with Gasteiger partial charge >= 0.3 is 5.97 Å². The van der Waals surface area contributed by atoms with Crippen molar-refractivity contribution in [1.29, 1.82) is 0 Å². The molecule has 1 N–H and O–H groups in total. The van der Waals surface area contributed by atoms with Crippen molar-refractivity contribution in [2.45, 2.75) is 45.6 Å². The molecule has 0 radical (unpaired) electrons. The largest absolute Gasteiger partial charge is 0.455 e. The molecular weight excluding hydrogens is 344 g/mol. The summed E-state index contributed by atoms with van der Waals surface area (Å²) in [6.45, 7) is 4.49. The molecule has 1 aliphatic heterocycles. The number of likely N-dealkylation sites (tertiary alicyclic amines) is 1. The number of para-hydroxylation sites is 1. The number of benzene rings is 1. The van der Waals surface area contributed by atoms with Gasteiger partial charge in [0.2, 0.25) is 5.91 Å². The van der Waals surface area contributed by atoms with Gasteiger partial charge in [-0.2, -0.15) is 0 Å². The number of hydrogen-bond donors (Lipinski definition) is 1. The summed E-state index contributed by atoms with van der Waals surface area (Å²) in [5, 5.41) is 2.67. The molecule has 4 atom stereocenters. The first-order valence-corrected chi connectivity index (χ1v) is 9.76. The Labute approximate surface area is 160 Å². The van der Waals surface area contributed by atoms with E-state index in [1.54, 1.807) is 12.1 Å². The molecule has 0 unspecified atom stereocenters. The lowest BCUT2D eigenvalue weighted by molar-refractivity contribution is -0.151. The third kappa shape index (κ3) is 4.67. The van der Waals surface area contributed by atoms with E-state index >= 15 is 0 Å². The van der Waals surface area contributed by atoms with Crippen LogP contribution < -0.4 is 5.32 Å². The Balaban J connectivity index is 1.49. The van der Waals surface area contributed by atoms with E-state index in [4.69, 9.17) is 4.74 Å². The van der Waals surface area contributed by atoms with Gasteiger partial charge in [0, 0.05) is 24.7 Å². The standard InChI is InChI=1S/C21H28N2O4/c1-14-7-6-10-18(15(14)2)23-12-16(11-20(23)25)21(26)27-13-19(24)22-17-8-4-3-5-9-17/h3-5,8-9,14-16,18H,6-7,10-13H2,1-2H3,(H,22,24)/t14-,15-,16-,18-/m1/s1. The lowest BCUT2D eigenvalue weighted by Gasteiger charge is -2.39. The Kier molecular flexibility index (Phi) is 6.14. The van der Waals surface area contributed by atoms with Gasteiger partial charge in [-0.1, -0.05) is 44.9 Å². The molecule has 0 spiro atoms. The molecule has 1 saturated carbocycles. The summed E-state index contributed by atoms with van der Waals surface area (Å²) in [4.78, 5) is 38.6. The van der Waals surface area contributed by atoms with Gasteiger partial charge in [0.05, 0.1) is 5.92 Å². The van der Waals surface area contributed by atoms with Crippen LogP contribution in [0.25, 0.3) is 0 Å². The van der Waals surface area contributed by atoms with Gasteiger partial charge in [0.25, 0.3) is 5.91 Å². The van der Waals surface area contributed by atoms with Gasteiger partial charge in [0.15, 0.2) is 6.61 Å². The highest BCUT2D eigenvalue weighted by atomic mass is 16.5. The summed E-state index contributed by atoms with van der Waals surface area (Å²) < 4.78 is 5.16. The van der Waals surface area contributed by atoms with Crippen LogP contribution in [0, 0.1) is 17.8 Å². The van der Waals surface area contributed by atoms with Gasteiger partial charge in [-0.05, 0) is 30.4 Å². The normalized spacial score (nSPS) is 28.1. The fraction of sp³-hybridized carbons (Fsp3) is 0.571. The van der Waals surface area contributed by atoms with E-state index in [1.165, 1.54) is 6.42 Å². The van der Waals surface area contributed by atoms with E-state index in [0.29, 0.717) is 24.1 Å². The zero-order valence-corrected chi connectivity index (χ0v) is 16.0. The number of carbonyl (C=O) groups is 3. The van der Waals surface area contributed by atoms with Crippen LogP contribution in [-0.2, 0) is 19.1 Å². The lowest BCUT2D eigenvalue weighted by atomic mass is 9.77. The number of amides is 2. The van der Waals surface area contributed by atoms with E-state index in [2.05, 4.69) is 19.2 Å². The van der Waals surface area contributed by atoms with E-state index in [1.807, 2.05) is 23.1 Å². The average Bonchev–Trinajstić information content (AvgIpc) is 3.04. The van der Waals surface area contributed by atoms with Crippen molar-refractivity contribution in [1.82, 2.24) is 4.90 Å². The quantitative estimate of drug-likeness (QED) is 0.807. The first-order chi connectivity index (χ1) is 13.0. The topological polar surface area (TPSA) is 75.7 Å². The number of esters is 1. The molecule has 6 nitrogen and oxygen atoms in total. The number of hydrogen-bond acceptors (Lipinski definition) is 4. The van der Waals surface area contributed by atoms with Gasteiger partial charge < -0.3 is 15.0 Å². The molecule has 1 saturated heterocycles. The molecule has 3 rings (SSSR count). The number of ether oxygens (including phenoxy) is 1. The molecule has 27 heavy (non-hydrogen) atoms. The van der Waals surface area contributed by atoms with E-state index in [9.17, 15) is 14.4 Å². The zero-order chi connectivity index (χ0) is 19.4. The molecule has 1 aromatic rings. The Morgan fingerprint density at radius 2 is 1.93 bits per heavy atom. The summed E-state index contributed by atoms with van der Waals surface area (Å²) in [5.74, 6) is -0.280. The molecule has 2 fully saturated rings. The van der Waals surface area contributed by atoms with Crippen LogP contribution in [0.2, 0.25) is 0 Å². The van der Waals surface area contributed by atoms with Crippen molar-refractivity contribution in [2.75, 3.05) is 18.5 Å². The second kappa shape index (κ2) is 8.55. The third-order valence-electron chi connectivity index (χ3n) is 5.96. The Morgan fingerprint density at radius 1 is 1.19 bits per heavy atom. The number of nitrogens with zero attached hydrogens (tertiary/aromatic N) is 1. The van der Waals surface area contributed by atoms with Crippen molar-refractivity contribution in [3.63, 3.8) is 0 Å². The summed E-state index contributed by atoms with van der Waals surface area (Å²) in [6.07, 6.45) is 3.49. The summed E-state index contributed by atoms with van der Waals surface area (Å²) in [7, 11) is 0. The highest BCUT2D eigenvalue weighted by Crippen LogP contribution is 2.35.